The van der Waals surface area contributed by atoms with E-state index in [0.717, 1.165) is 6.42 Å². The molecule has 2 nitrogen and oxygen atoms in total. The van der Waals surface area contributed by atoms with Crippen LogP contribution in [0.15, 0.2) is 12.1 Å². The van der Waals surface area contributed by atoms with E-state index < -0.39 is 5.82 Å². The Labute approximate surface area is 107 Å². The van der Waals surface area contributed by atoms with Crippen LogP contribution in [0, 0.1) is 5.82 Å². The lowest BCUT2D eigenvalue weighted by Gasteiger charge is -2.17. The minimum Gasteiger partial charge on any atom is -0.397 e. The van der Waals surface area contributed by atoms with Crippen LogP contribution in [0.25, 0.3) is 0 Å². The zero-order valence-corrected chi connectivity index (χ0v) is 11.1. The van der Waals surface area contributed by atoms with Crippen molar-refractivity contribution in [2.24, 2.45) is 0 Å². The molecule has 0 bridgehead atoms. The van der Waals surface area contributed by atoms with Gasteiger partial charge in [-0.2, -0.15) is 0 Å². The summed E-state index contributed by atoms with van der Waals surface area (Å²) >= 11 is 5.73. The van der Waals surface area contributed by atoms with Crippen molar-refractivity contribution in [2.45, 2.75) is 45.6 Å². The highest BCUT2D eigenvalue weighted by Crippen LogP contribution is 2.27. The molecule has 0 fully saturated rings. The Morgan fingerprint density at radius 2 is 2.12 bits per heavy atom. The summed E-state index contributed by atoms with van der Waals surface area (Å²) in [6.45, 7) is 4.27. The Bertz CT molecular complexity index is 369. The van der Waals surface area contributed by atoms with Crippen LogP contribution in [0.3, 0.4) is 0 Å². The average Bonchev–Trinajstić information content (AvgIpc) is 2.26. The van der Waals surface area contributed by atoms with Crippen LogP contribution in [-0.2, 0) is 0 Å². The van der Waals surface area contributed by atoms with Gasteiger partial charge in [-0.05, 0) is 19.4 Å². The second-order valence-corrected chi connectivity index (χ2v) is 4.80. The van der Waals surface area contributed by atoms with E-state index in [2.05, 4.69) is 19.2 Å². The number of nitrogens with two attached hydrogens (primary N) is 1. The van der Waals surface area contributed by atoms with Crippen molar-refractivity contribution in [3.8, 4) is 0 Å². The number of halogens is 2. The lowest BCUT2D eigenvalue weighted by atomic mass is 10.1. The second kappa shape index (κ2) is 6.70. The number of unbranched alkanes of at least 4 members (excludes halogenated alkanes) is 2. The van der Waals surface area contributed by atoms with Crippen LogP contribution >= 0.6 is 11.6 Å². The largest absolute Gasteiger partial charge is 0.397 e. The van der Waals surface area contributed by atoms with Gasteiger partial charge in [0.2, 0.25) is 0 Å². The van der Waals surface area contributed by atoms with Crippen LogP contribution < -0.4 is 11.1 Å². The van der Waals surface area contributed by atoms with E-state index in [4.69, 9.17) is 17.3 Å². The van der Waals surface area contributed by atoms with Crippen LogP contribution in [0.2, 0.25) is 5.02 Å². The van der Waals surface area contributed by atoms with E-state index in [1.807, 2.05) is 0 Å². The van der Waals surface area contributed by atoms with Crippen LogP contribution in [0.4, 0.5) is 15.8 Å². The van der Waals surface area contributed by atoms with Crippen LogP contribution in [0.1, 0.15) is 39.5 Å². The lowest BCUT2D eigenvalue weighted by molar-refractivity contribution is 0.614. The topological polar surface area (TPSA) is 38.0 Å². The minimum absolute atomic E-state index is 0.0995. The molecule has 0 heterocycles. The highest BCUT2D eigenvalue weighted by Gasteiger charge is 2.08. The fraction of sp³-hybridized carbons (Fsp3) is 0.538. The maximum atomic E-state index is 13.1. The monoisotopic (exact) mass is 258 g/mol. The van der Waals surface area contributed by atoms with Gasteiger partial charge in [0.25, 0.3) is 0 Å². The number of nitrogen functional groups attached to an aromatic ring is 1. The molecule has 0 aliphatic carbocycles. The fourth-order valence-electron chi connectivity index (χ4n) is 1.73. The molecule has 0 aliphatic heterocycles. The zero-order chi connectivity index (χ0) is 12.8. The summed E-state index contributed by atoms with van der Waals surface area (Å²) in [5.74, 6) is -0.478. The molecule has 0 radical (unpaired) electrons. The van der Waals surface area contributed by atoms with Gasteiger partial charge in [-0.3, -0.25) is 0 Å². The zero-order valence-electron chi connectivity index (χ0n) is 10.4. The summed E-state index contributed by atoms with van der Waals surface area (Å²) < 4.78 is 13.1. The molecule has 17 heavy (non-hydrogen) atoms. The van der Waals surface area contributed by atoms with Crippen molar-refractivity contribution in [2.75, 3.05) is 11.1 Å². The molecule has 96 valence electrons. The third-order valence-electron chi connectivity index (χ3n) is 2.74. The Hall–Kier alpha value is -0.960. The SMILES string of the molecule is CCCCCC(C)Nc1cc(Cl)c(F)cc1N. The molecule has 1 aromatic carbocycles. The normalized spacial score (nSPS) is 12.5. The van der Waals surface area contributed by atoms with Gasteiger partial charge in [0, 0.05) is 12.1 Å². The quantitative estimate of drug-likeness (QED) is 0.585. The van der Waals surface area contributed by atoms with E-state index in [1.54, 1.807) is 6.07 Å². The molecule has 1 unspecified atom stereocenters. The van der Waals surface area contributed by atoms with E-state index in [1.165, 1.54) is 25.3 Å². The maximum Gasteiger partial charge on any atom is 0.143 e. The molecule has 4 heteroatoms. The van der Waals surface area contributed by atoms with Crippen molar-refractivity contribution in [3.63, 3.8) is 0 Å². The summed E-state index contributed by atoms with van der Waals surface area (Å²) in [4.78, 5) is 0. The smallest absolute Gasteiger partial charge is 0.143 e. The molecular weight excluding hydrogens is 239 g/mol. The van der Waals surface area contributed by atoms with Crippen molar-refractivity contribution in [1.82, 2.24) is 0 Å². The van der Waals surface area contributed by atoms with E-state index in [-0.39, 0.29) is 5.02 Å². The van der Waals surface area contributed by atoms with Crippen molar-refractivity contribution < 1.29 is 4.39 Å². The molecule has 1 atom stereocenters. The Balaban J connectivity index is 2.58. The molecule has 0 spiro atoms. The van der Waals surface area contributed by atoms with E-state index >= 15 is 0 Å². The summed E-state index contributed by atoms with van der Waals surface area (Å²) in [5, 5.41) is 3.36. The van der Waals surface area contributed by atoms with Crippen LogP contribution in [0.5, 0.6) is 0 Å². The molecule has 0 aliphatic rings. The van der Waals surface area contributed by atoms with Gasteiger partial charge in [0.1, 0.15) is 5.82 Å². The van der Waals surface area contributed by atoms with Gasteiger partial charge >= 0.3 is 0 Å². The first kappa shape index (κ1) is 14.1. The predicted octanol–water partition coefficient (Wildman–Crippen LogP) is 4.44. The van der Waals surface area contributed by atoms with Gasteiger partial charge in [-0.15, -0.1) is 0 Å². The highest BCUT2D eigenvalue weighted by atomic mass is 35.5. The first-order valence-corrected chi connectivity index (χ1v) is 6.43. The molecule has 3 N–H and O–H groups in total. The minimum atomic E-state index is -0.478. The number of hydrogen-bond acceptors (Lipinski definition) is 2. The second-order valence-electron chi connectivity index (χ2n) is 4.39. The summed E-state index contributed by atoms with van der Waals surface area (Å²) in [5.41, 5.74) is 6.84. The average molecular weight is 259 g/mol. The molecule has 0 amide bonds. The van der Waals surface area contributed by atoms with Gasteiger partial charge < -0.3 is 11.1 Å². The Kier molecular flexibility index (Phi) is 5.56. The van der Waals surface area contributed by atoms with Gasteiger partial charge in [-0.1, -0.05) is 37.8 Å². The molecular formula is C13H20ClFN2. The van der Waals surface area contributed by atoms with E-state index in [0.29, 0.717) is 17.4 Å². The molecule has 1 aromatic rings. The van der Waals surface area contributed by atoms with Gasteiger partial charge in [0.15, 0.2) is 0 Å². The summed E-state index contributed by atoms with van der Waals surface area (Å²) in [7, 11) is 0. The fourth-order valence-corrected chi connectivity index (χ4v) is 1.89. The number of nitrogens with one attached hydrogen (secondary N) is 1. The number of hydrogen-bond donors (Lipinski definition) is 2. The molecule has 0 aromatic heterocycles. The Morgan fingerprint density at radius 3 is 2.76 bits per heavy atom. The molecule has 1 rings (SSSR count). The number of rotatable bonds is 6. The van der Waals surface area contributed by atoms with E-state index in [9.17, 15) is 4.39 Å². The third kappa shape index (κ3) is 4.43. The van der Waals surface area contributed by atoms with Gasteiger partial charge in [-0.25, -0.2) is 4.39 Å². The molecule has 0 saturated heterocycles. The van der Waals surface area contributed by atoms with Gasteiger partial charge in [0.05, 0.1) is 16.4 Å². The number of benzene rings is 1. The summed E-state index contributed by atoms with van der Waals surface area (Å²) in [6, 6.07) is 3.11. The third-order valence-corrected chi connectivity index (χ3v) is 3.02. The maximum absolute atomic E-state index is 13.1. The Morgan fingerprint density at radius 1 is 1.41 bits per heavy atom. The van der Waals surface area contributed by atoms with Crippen molar-refractivity contribution >= 4 is 23.0 Å². The van der Waals surface area contributed by atoms with Crippen LogP contribution in [-0.4, -0.2) is 6.04 Å². The van der Waals surface area contributed by atoms with Crippen molar-refractivity contribution in [1.29, 1.82) is 0 Å². The highest BCUT2D eigenvalue weighted by molar-refractivity contribution is 6.31. The summed E-state index contributed by atoms with van der Waals surface area (Å²) in [6.07, 6.45) is 4.69. The standard InChI is InChI=1S/C13H20ClFN2/c1-3-4-5-6-9(2)17-13-7-10(14)11(15)8-12(13)16/h7-9,17H,3-6,16H2,1-2H3. The first-order chi connectivity index (χ1) is 8.04. The first-order valence-electron chi connectivity index (χ1n) is 6.05. The number of anilines is 2. The lowest BCUT2D eigenvalue weighted by Crippen LogP contribution is -2.16. The predicted molar refractivity (Wildman–Crippen MR) is 73.0 cm³/mol. The van der Waals surface area contributed by atoms with Crippen molar-refractivity contribution in [3.05, 3.63) is 23.0 Å². The molecule has 0 saturated carbocycles.